The Kier molecular flexibility index (Phi) is 3.88. The van der Waals surface area contributed by atoms with Gasteiger partial charge in [0.25, 0.3) is 0 Å². The van der Waals surface area contributed by atoms with Crippen LogP contribution in [0.3, 0.4) is 0 Å². The summed E-state index contributed by atoms with van der Waals surface area (Å²) in [5, 5.41) is 4.48. The molecule has 16 heavy (non-hydrogen) atoms. The number of benzene rings is 1. The van der Waals surface area contributed by atoms with E-state index in [0.29, 0.717) is 12.0 Å². The molecule has 0 bridgehead atoms. The van der Waals surface area contributed by atoms with Gasteiger partial charge in [-0.1, -0.05) is 30.7 Å². The Morgan fingerprint density at radius 2 is 1.88 bits per heavy atom. The molecule has 1 saturated carbocycles. The molecular weight excluding hydrogens is 218 g/mol. The zero-order valence-electron chi connectivity index (χ0n) is 10.0. The molecule has 1 fully saturated rings. The predicted molar refractivity (Wildman–Crippen MR) is 69.9 cm³/mol. The van der Waals surface area contributed by atoms with Crippen LogP contribution in [0, 0.1) is 5.92 Å². The summed E-state index contributed by atoms with van der Waals surface area (Å²) in [5.41, 5.74) is 1.38. The van der Waals surface area contributed by atoms with Crippen molar-refractivity contribution in [2.75, 3.05) is 0 Å². The summed E-state index contributed by atoms with van der Waals surface area (Å²) in [6.45, 7) is 4.60. The summed E-state index contributed by atoms with van der Waals surface area (Å²) in [7, 11) is 0. The quantitative estimate of drug-likeness (QED) is 0.824. The van der Waals surface area contributed by atoms with Crippen molar-refractivity contribution in [2.24, 2.45) is 5.92 Å². The summed E-state index contributed by atoms with van der Waals surface area (Å²) in [5.74, 6) is 0.668. The van der Waals surface area contributed by atoms with Gasteiger partial charge in [-0.05, 0) is 49.8 Å². The molecule has 1 aromatic carbocycles. The fourth-order valence-corrected chi connectivity index (χ4v) is 2.08. The van der Waals surface area contributed by atoms with E-state index in [9.17, 15) is 0 Å². The van der Waals surface area contributed by atoms with Crippen LogP contribution in [0.1, 0.15) is 32.3 Å². The summed E-state index contributed by atoms with van der Waals surface area (Å²) < 4.78 is 0. The molecule has 2 unspecified atom stereocenters. The number of halogens is 1. The van der Waals surface area contributed by atoms with Gasteiger partial charge in [-0.3, -0.25) is 0 Å². The first kappa shape index (κ1) is 11.9. The molecule has 0 aliphatic heterocycles. The maximum Gasteiger partial charge on any atom is 0.0406 e. The second-order valence-corrected chi connectivity index (χ2v) is 5.47. The first-order chi connectivity index (χ1) is 7.65. The van der Waals surface area contributed by atoms with Crippen LogP contribution in [0.5, 0.6) is 0 Å². The van der Waals surface area contributed by atoms with E-state index in [1.165, 1.54) is 18.4 Å². The maximum atomic E-state index is 5.88. The fraction of sp³-hybridized carbons (Fsp3) is 0.571. The van der Waals surface area contributed by atoms with E-state index in [1.54, 1.807) is 0 Å². The molecule has 0 amide bonds. The number of hydrogen-bond acceptors (Lipinski definition) is 1. The smallest absolute Gasteiger partial charge is 0.0406 e. The minimum atomic E-state index is 0.600. The third kappa shape index (κ3) is 3.50. The molecule has 0 radical (unpaired) electrons. The minimum Gasteiger partial charge on any atom is -0.311 e. The van der Waals surface area contributed by atoms with Crippen LogP contribution in [0.25, 0.3) is 0 Å². The van der Waals surface area contributed by atoms with E-state index in [4.69, 9.17) is 11.6 Å². The standard InChI is InChI=1S/C14H20ClN/c1-10(11(2)16-14-7-8-14)9-12-3-5-13(15)6-4-12/h3-6,10-11,14,16H,7-9H2,1-2H3. The predicted octanol–water partition coefficient (Wildman–Crippen LogP) is 3.66. The van der Waals surface area contributed by atoms with Gasteiger partial charge in [-0.15, -0.1) is 0 Å². The van der Waals surface area contributed by atoms with Gasteiger partial charge in [0.2, 0.25) is 0 Å². The van der Waals surface area contributed by atoms with Crippen molar-refractivity contribution in [3.8, 4) is 0 Å². The Balaban J connectivity index is 1.85. The van der Waals surface area contributed by atoms with Gasteiger partial charge < -0.3 is 5.32 Å². The van der Waals surface area contributed by atoms with Crippen LogP contribution in [-0.4, -0.2) is 12.1 Å². The monoisotopic (exact) mass is 237 g/mol. The normalized spacial score (nSPS) is 19.4. The van der Waals surface area contributed by atoms with Crippen molar-refractivity contribution >= 4 is 11.6 Å². The van der Waals surface area contributed by atoms with E-state index >= 15 is 0 Å². The Morgan fingerprint density at radius 3 is 2.44 bits per heavy atom. The molecule has 0 aromatic heterocycles. The summed E-state index contributed by atoms with van der Waals surface area (Å²) in [6.07, 6.45) is 3.84. The van der Waals surface area contributed by atoms with Gasteiger partial charge in [0, 0.05) is 17.1 Å². The molecule has 1 nitrogen and oxygen atoms in total. The second-order valence-electron chi connectivity index (χ2n) is 5.04. The van der Waals surface area contributed by atoms with Crippen LogP contribution in [-0.2, 0) is 6.42 Å². The first-order valence-corrected chi connectivity index (χ1v) is 6.53. The highest BCUT2D eigenvalue weighted by Crippen LogP contribution is 2.22. The molecule has 0 heterocycles. The van der Waals surface area contributed by atoms with Crippen molar-refractivity contribution < 1.29 is 0 Å². The van der Waals surface area contributed by atoms with Crippen LogP contribution in [0.4, 0.5) is 0 Å². The maximum absolute atomic E-state index is 5.88. The zero-order chi connectivity index (χ0) is 11.5. The minimum absolute atomic E-state index is 0.600. The molecule has 0 saturated heterocycles. The van der Waals surface area contributed by atoms with Crippen LogP contribution in [0.2, 0.25) is 5.02 Å². The van der Waals surface area contributed by atoms with Crippen molar-refractivity contribution in [2.45, 2.75) is 45.2 Å². The third-order valence-electron chi connectivity index (χ3n) is 3.40. The lowest BCUT2D eigenvalue weighted by atomic mass is 9.95. The van der Waals surface area contributed by atoms with Crippen molar-refractivity contribution in [1.82, 2.24) is 5.32 Å². The lowest BCUT2D eigenvalue weighted by Crippen LogP contribution is -2.34. The highest BCUT2D eigenvalue weighted by Gasteiger charge is 2.24. The molecule has 2 heteroatoms. The third-order valence-corrected chi connectivity index (χ3v) is 3.65. The van der Waals surface area contributed by atoms with Crippen LogP contribution in [0.15, 0.2) is 24.3 Å². The lowest BCUT2D eigenvalue weighted by molar-refractivity contribution is 0.396. The lowest BCUT2D eigenvalue weighted by Gasteiger charge is -2.21. The van der Waals surface area contributed by atoms with Gasteiger partial charge in [0.15, 0.2) is 0 Å². The van der Waals surface area contributed by atoms with Crippen molar-refractivity contribution in [1.29, 1.82) is 0 Å². The van der Waals surface area contributed by atoms with Crippen LogP contribution >= 0.6 is 11.6 Å². The van der Waals surface area contributed by atoms with E-state index in [-0.39, 0.29) is 0 Å². The molecule has 2 atom stereocenters. The average molecular weight is 238 g/mol. The Morgan fingerprint density at radius 1 is 1.25 bits per heavy atom. The summed E-state index contributed by atoms with van der Waals surface area (Å²) in [4.78, 5) is 0. The fourth-order valence-electron chi connectivity index (χ4n) is 1.96. The largest absolute Gasteiger partial charge is 0.311 e. The number of nitrogens with one attached hydrogen (secondary N) is 1. The average Bonchev–Trinajstić information content (AvgIpc) is 3.05. The molecule has 88 valence electrons. The molecule has 1 N–H and O–H groups in total. The molecule has 1 aromatic rings. The number of rotatable bonds is 5. The zero-order valence-corrected chi connectivity index (χ0v) is 10.8. The first-order valence-electron chi connectivity index (χ1n) is 6.15. The van der Waals surface area contributed by atoms with Gasteiger partial charge in [-0.2, -0.15) is 0 Å². The van der Waals surface area contributed by atoms with Crippen LogP contribution < -0.4 is 5.32 Å². The van der Waals surface area contributed by atoms with Gasteiger partial charge in [0.1, 0.15) is 0 Å². The Labute approximate surface area is 103 Å². The summed E-state index contributed by atoms with van der Waals surface area (Å²) in [6, 6.07) is 9.60. The topological polar surface area (TPSA) is 12.0 Å². The van der Waals surface area contributed by atoms with Gasteiger partial charge in [0.05, 0.1) is 0 Å². The SMILES string of the molecule is CC(Cc1ccc(Cl)cc1)C(C)NC1CC1. The molecule has 2 rings (SSSR count). The van der Waals surface area contributed by atoms with Crippen molar-refractivity contribution in [3.63, 3.8) is 0 Å². The molecule has 1 aliphatic rings. The molecular formula is C14H20ClN. The van der Waals surface area contributed by atoms with Gasteiger partial charge in [-0.25, -0.2) is 0 Å². The van der Waals surface area contributed by atoms with E-state index in [0.717, 1.165) is 17.5 Å². The summed E-state index contributed by atoms with van der Waals surface area (Å²) >= 11 is 5.88. The van der Waals surface area contributed by atoms with Crippen molar-refractivity contribution in [3.05, 3.63) is 34.9 Å². The molecule has 0 spiro atoms. The second kappa shape index (κ2) is 5.20. The molecule has 1 aliphatic carbocycles. The highest BCUT2D eigenvalue weighted by atomic mass is 35.5. The van der Waals surface area contributed by atoms with Gasteiger partial charge >= 0.3 is 0 Å². The number of hydrogen-bond donors (Lipinski definition) is 1. The Hall–Kier alpha value is -0.530. The highest BCUT2D eigenvalue weighted by molar-refractivity contribution is 6.30. The van der Waals surface area contributed by atoms with E-state index in [2.05, 4.69) is 31.3 Å². The van der Waals surface area contributed by atoms with E-state index < -0.39 is 0 Å². The van der Waals surface area contributed by atoms with E-state index in [1.807, 2.05) is 12.1 Å². The Bertz CT molecular complexity index is 329.